The van der Waals surface area contributed by atoms with Gasteiger partial charge < -0.3 is 10.5 Å². The number of ketones is 1. The minimum absolute atomic E-state index is 0.0766. The zero-order chi connectivity index (χ0) is 12.0. The molecular formula is C12H17NO2S. The van der Waals surface area contributed by atoms with Gasteiger partial charge in [0, 0.05) is 29.2 Å². The predicted molar refractivity (Wildman–Crippen MR) is 68.2 cm³/mol. The van der Waals surface area contributed by atoms with Crippen LogP contribution in [-0.4, -0.2) is 25.2 Å². The Labute approximate surface area is 100 Å². The van der Waals surface area contributed by atoms with Gasteiger partial charge in [-0.2, -0.15) is 11.8 Å². The molecule has 88 valence electrons. The van der Waals surface area contributed by atoms with Crippen molar-refractivity contribution in [3.05, 3.63) is 29.3 Å². The standard InChI is InChI=1S/C12H17NO2S/c1-9(14)10-3-4-12(15-2)11(7-10)8-16-6-5-13/h3-4,7H,5-6,8,13H2,1-2H3. The van der Waals surface area contributed by atoms with Crippen LogP contribution in [0, 0.1) is 0 Å². The lowest BCUT2D eigenvalue weighted by Gasteiger charge is -2.09. The number of carbonyl (C=O) groups excluding carboxylic acids is 1. The summed E-state index contributed by atoms with van der Waals surface area (Å²) >= 11 is 1.74. The van der Waals surface area contributed by atoms with E-state index in [-0.39, 0.29) is 5.78 Å². The molecular weight excluding hydrogens is 222 g/mol. The molecule has 0 saturated carbocycles. The molecule has 0 atom stereocenters. The summed E-state index contributed by atoms with van der Waals surface area (Å²) in [6, 6.07) is 5.53. The highest BCUT2D eigenvalue weighted by atomic mass is 32.2. The first-order chi connectivity index (χ1) is 7.69. The molecule has 4 heteroatoms. The number of hydrogen-bond donors (Lipinski definition) is 1. The molecule has 3 nitrogen and oxygen atoms in total. The topological polar surface area (TPSA) is 52.3 Å². The fourth-order valence-electron chi connectivity index (χ4n) is 1.38. The van der Waals surface area contributed by atoms with Crippen LogP contribution in [0.25, 0.3) is 0 Å². The molecule has 0 amide bonds. The highest BCUT2D eigenvalue weighted by Gasteiger charge is 2.06. The molecule has 0 aliphatic heterocycles. The maximum atomic E-state index is 11.3. The molecule has 1 aromatic rings. The van der Waals surface area contributed by atoms with E-state index >= 15 is 0 Å². The minimum Gasteiger partial charge on any atom is -0.496 e. The molecule has 0 heterocycles. The Morgan fingerprint density at radius 3 is 2.81 bits per heavy atom. The van der Waals surface area contributed by atoms with E-state index in [1.807, 2.05) is 12.1 Å². The number of rotatable bonds is 6. The molecule has 0 fully saturated rings. The van der Waals surface area contributed by atoms with E-state index in [1.165, 1.54) is 0 Å². The third-order valence-electron chi connectivity index (χ3n) is 2.21. The van der Waals surface area contributed by atoms with Crippen LogP contribution in [0.15, 0.2) is 18.2 Å². The van der Waals surface area contributed by atoms with Crippen LogP contribution < -0.4 is 10.5 Å². The van der Waals surface area contributed by atoms with Crippen molar-refractivity contribution >= 4 is 17.5 Å². The normalized spacial score (nSPS) is 10.2. The fourth-order valence-corrected chi connectivity index (χ4v) is 2.13. The molecule has 0 bridgehead atoms. The van der Waals surface area contributed by atoms with Crippen LogP contribution in [0.3, 0.4) is 0 Å². The zero-order valence-corrected chi connectivity index (χ0v) is 10.5. The van der Waals surface area contributed by atoms with Gasteiger partial charge in [-0.25, -0.2) is 0 Å². The number of hydrogen-bond acceptors (Lipinski definition) is 4. The van der Waals surface area contributed by atoms with E-state index in [2.05, 4.69) is 0 Å². The van der Waals surface area contributed by atoms with Crippen LogP contribution in [0.4, 0.5) is 0 Å². The Kier molecular flexibility index (Phi) is 5.35. The fraction of sp³-hybridized carbons (Fsp3) is 0.417. The molecule has 1 aromatic carbocycles. The van der Waals surface area contributed by atoms with Crippen LogP contribution in [0.2, 0.25) is 0 Å². The van der Waals surface area contributed by atoms with E-state index in [1.54, 1.807) is 31.9 Å². The molecule has 2 N–H and O–H groups in total. The summed E-state index contributed by atoms with van der Waals surface area (Å²) in [4.78, 5) is 11.3. The predicted octanol–water partition coefficient (Wildman–Crippen LogP) is 2.09. The summed E-state index contributed by atoms with van der Waals surface area (Å²) in [6.45, 7) is 2.23. The second-order valence-electron chi connectivity index (χ2n) is 3.42. The van der Waals surface area contributed by atoms with E-state index in [0.717, 1.165) is 28.4 Å². The zero-order valence-electron chi connectivity index (χ0n) is 9.66. The maximum Gasteiger partial charge on any atom is 0.159 e. The second kappa shape index (κ2) is 6.55. The molecule has 1 rings (SSSR count). The second-order valence-corrected chi connectivity index (χ2v) is 4.53. The molecule has 0 aromatic heterocycles. The van der Waals surface area contributed by atoms with Crippen LogP contribution in [0.1, 0.15) is 22.8 Å². The highest BCUT2D eigenvalue weighted by molar-refractivity contribution is 7.98. The van der Waals surface area contributed by atoms with Crippen molar-refractivity contribution in [3.63, 3.8) is 0 Å². The van der Waals surface area contributed by atoms with E-state index in [0.29, 0.717) is 6.54 Å². The molecule has 0 aliphatic rings. The van der Waals surface area contributed by atoms with Crippen molar-refractivity contribution in [2.45, 2.75) is 12.7 Å². The Morgan fingerprint density at radius 1 is 1.50 bits per heavy atom. The lowest BCUT2D eigenvalue weighted by atomic mass is 10.1. The van der Waals surface area contributed by atoms with Gasteiger partial charge in [-0.1, -0.05) is 0 Å². The average Bonchev–Trinajstić information content (AvgIpc) is 2.29. The summed E-state index contributed by atoms with van der Waals surface area (Å²) in [5.41, 5.74) is 7.21. The van der Waals surface area contributed by atoms with Gasteiger partial charge in [0.25, 0.3) is 0 Å². The molecule has 0 aliphatic carbocycles. The van der Waals surface area contributed by atoms with Crippen molar-refractivity contribution in [3.8, 4) is 5.75 Å². The average molecular weight is 239 g/mol. The first-order valence-corrected chi connectivity index (χ1v) is 6.30. The Bertz CT molecular complexity index is 366. The van der Waals surface area contributed by atoms with Gasteiger partial charge in [-0.05, 0) is 25.1 Å². The molecule has 0 radical (unpaired) electrons. The van der Waals surface area contributed by atoms with Crippen LogP contribution >= 0.6 is 11.8 Å². The Morgan fingerprint density at radius 2 is 2.25 bits per heavy atom. The van der Waals surface area contributed by atoms with Gasteiger partial charge in [-0.3, -0.25) is 4.79 Å². The van der Waals surface area contributed by atoms with Gasteiger partial charge in [0.1, 0.15) is 5.75 Å². The lowest BCUT2D eigenvalue weighted by Crippen LogP contribution is -2.02. The number of benzene rings is 1. The first-order valence-electron chi connectivity index (χ1n) is 5.14. The number of nitrogens with two attached hydrogens (primary N) is 1. The molecule has 0 saturated heterocycles. The monoisotopic (exact) mass is 239 g/mol. The van der Waals surface area contributed by atoms with Gasteiger partial charge in [-0.15, -0.1) is 0 Å². The minimum atomic E-state index is 0.0766. The Hall–Kier alpha value is -1.00. The van der Waals surface area contributed by atoms with Crippen LogP contribution in [-0.2, 0) is 5.75 Å². The van der Waals surface area contributed by atoms with Crippen molar-refractivity contribution in [2.24, 2.45) is 5.73 Å². The SMILES string of the molecule is COc1ccc(C(C)=O)cc1CSCCN. The van der Waals surface area contributed by atoms with Crippen LogP contribution in [0.5, 0.6) is 5.75 Å². The number of carbonyl (C=O) groups is 1. The van der Waals surface area contributed by atoms with Gasteiger partial charge in [0.2, 0.25) is 0 Å². The summed E-state index contributed by atoms with van der Waals surface area (Å²) in [6.07, 6.45) is 0. The summed E-state index contributed by atoms with van der Waals surface area (Å²) in [5, 5.41) is 0. The quantitative estimate of drug-likeness (QED) is 0.610. The third kappa shape index (κ3) is 3.54. The van der Waals surface area contributed by atoms with Crippen molar-refractivity contribution < 1.29 is 9.53 Å². The summed E-state index contributed by atoms with van der Waals surface area (Å²) in [7, 11) is 1.64. The summed E-state index contributed by atoms with van der Waals surface area (Å²) in [5.74, 6) is 2.64. The summed E-state index contributed by atoms with van der Waals surface area (Å²) < 4.78 is 5.25. The van der Waals surface area contributed by atoms with Crippen molar-refractivity contribution in [1.82, 2.24) is 0 Å². The van der Waals surface area contributed by atoms with Gasteiger partial charge >= 0.3 is 0 Å². The smallest absolute Gasteiger partial charge is 0.159 e. The largest absolute Gasteiger partial charge is 0.496 e. The van der Waals surface area contributed by atoms with Gasteiger partial charge in [0.05, 0.1) is 7.11 Å². The van der Waals surface area contributed by atoms with Crippen molar-refractivity contribution in [2.75, 3.05) is 19.4 Å². The molecule has 0 unspecified atom stereocenters. The van der Waals surface area contributed by atoms with Gasteiger partial charge in [0.15, 0.2) is 5.78 Å². The number of thioether (sulfide) groups is 1. The lowest BCUT2D eigenvalue weighted by molar-refractivity contribution is 0.101. The molecule has 0 spiro atoms. The number of methoxy groups -OCH3 is 1. The molecule has 16 heavy (non-hydrogen) atoms. The van der Waals surface area contributed by atoms with Crippen molar-refractivity contribution in [1.29, 1.82) is 0 Å². The van der Waals surface area contributed by atoms with E-state index in [4.69, 9.17) is 10.5 Å². The highest BCUT2D eigenvalue weighted by Crippen LogP contribution is 2.24. The van der Waals surface area contributed by atoms with E-state index in [9.17, 15) is 4.79 Å². The van der Waals surface area contributed by atoms with E-state index < -0.39 is 0 Å². The number of ether oxygens (including phenoxy) is 1. The Balaban J connectivity index is 2.84. The number of Topliss-reactive ketones (excluding diaryl/α,β-unsaturated/α-hetero) is 1. The maximum absolute atomic E-state index is 11.3. The first kappa shape index (κ1) is 13.1. The third-order valence-corrected chi connectivity index (χ3v) is 3.25.